The third-order valence-corrected chi connectivity index (χ3v) is 5.46. The average molecular weight is 401 g/mol. The SMILES string of the molecule is C=C1C(=O)O[C@@H](CC/C=C/CCCCC)[C@@]1(C)C(=O)OCc1ccc(OC)cc1. The topological polar surface area (TPSA) is 61.8 Å². The van der Waals surface area contributed by atoms with Gasteiger partial charge in [0.05, 0.1) is 12.7 Å². The number of ether oxygens (including phenoxy) is 3. The van der Waals surface area contributed by atoms with Gasteiger partial charge in [-0.2, -0.15) is 0 Å². The lowest BCUT2D eigenvalue weighted by Crippen LogP contribution is -2.38. The van der Waals surface area contributed by atoms with Crippen molar-refractivity contribution in [3.63, 3.8) is 0 Å². The highest BCUT2D eigenvalue weighted by molar-refractivity contribution is 6.00. The molecule has 0 aromatic heterocycles. The molecule has 1 aromatic rings. The predicted octanol–water partition coefficient (Wildman–Crippen LogP) is 5.14. The molecule has 1 aromatic carbocycles. The van der Waals surface area contributed by atoms with E-state index in [1.54, 1.807) is 14.0 Å². The smallest absolute Gasteiger partial charge is 0.335 e. The van der Waals surface area contributed by atoms with E-state index in [-0.39, 0.29) is 12.2 Å². The number of cyclic esters (lactones) is 1. The highest BCUT2D eigenvalue weighted by Crippen LogP contribution is 2.42. The predicted molar refractivity (Wildman–Crippen MR) is 112 cm³/mol. The lowest BCUT2D eigenvalue weighted by molar-refractivity contribution is -0.158. The number of rotatable bonds is 11. The van der Waals surface area contributed by atoms with Gasteiger partial charge in [0, 0.05) is 0 Å². The molecule has 0 spiro atoms. The minimum Gasteiger partial charge on any atom is -0.497 e. The van der Waals surface area contributed by atoms with E-state index in [4.69, 9.17) is 14.2 Å². The van der Waals surface area contributed by atoms with Crippen LogP contribution < -0.4 is 4.74 Å². The molecule has 2 atom stereocenters. The summed E-state index contributed by atoms with van der Waals surface area (Å²) < 4.78 is 16.1. The molecule has 0 bridgehead atoms. The average Bonchev–Trinajstić information content (AvgIpc) is 2.96. The fourth-order valence-electron chi connectivity index (χ4n) is 3.34. The van der Waals surface area contributed by atoms with Crippen molar-refractivity contribution in [1.29, 1.82) is 0 Å². The van der Waals surface area contributed by atoms with E-state index in [0.717, 1.165) is 24.2 Å². The Labute approximate surface area is 173 Å². The van der Waals surface area contributed by atoms with Crippen LogP contribution >= 0.6 is 0 Å². The fraction of sp³-hybridized carbons (Fsp3) is 0.500. The van der Waals surface area contributed by atoms with Crippen LogP contribution in [0.1, 0.15) is 57.9 Å². The lowest BCUT2D eigenvalue weighted by atomic mass is 9.78. The largest absolute Gasteiger partial charge is 0.497 e. The molecular formula is C24H32O5. The van der Waals surface area contributed by atoms with Gasteiger partial charge >= 0.3 is 11.9 Å². The van der Waals surface area contributed by atoms with E-state index in [1.165, 1.54) is 19.3 Å². The summed E-state index contributed by atoms with van der Waals surface area (Å²) in [6.45, 7) is 7.79. The molecule has 29 heavy (non-hydrogen) atoms. The summed E-state index contributed by atoms with van der Waals surface area (Å²) in [5.74, 6) is -0.273. The van der Waals surface area contributed by atoms with Crippen LogP contribution in [0.4, 0.5) is 0 Å². The Bertz CT molecular complexity index is 734. The number of hydrogen-bond donors (Lipinski definition) is 0. The summed E-state index contributed by atoms with van der Waals surface area (Å²) in [6, 6.07) is 7.28. The highest BCUT2D eigenvalue weighted by Gasteiger charge is 2.55. The molecule has 158 valence electrons. The zero-order chi connectivity index (χ0) is 21.3. The minimum atomic E-state index is -1.17. The zero-order valence-corrected chi connectivity index (χ0v) is 17.7. The molecule has 0 saturated carbocycles. The molecule has 5 heteroatoms. The van der Waals surface area contributed by atoms with Crippen molar-refractivity contribution in [3.8, 4) is 5.75 Å². The second-order valence-electron chi connectivity index (χ2n) is 7.54. The van der Waals surface area contributed by atoms with Crippen molar-refractivity contribution in [2.75, 3.05) is 7.11 Å². The van der Waals surface area contributed by atoms with Gasteiger partial charge in [-0.05, 0) is 50.3 Å². The maximum atomic E-state index is 12.9. The number of hydrogen-bond acceptors (Lipinski definition) is 5. The van der Waals surface area contributed by atoms with Crippen molar-refractivity contribution in [3.05, 3.63) is 54.1 Å². The molecule has 0 amide bonds. The maximum Gasteiger partial charge on any atom is 0.335 e. The molecule has 0 aliphatic carbocycles. The number of benzene rings is 1. The van der Waals surface area contributed by atoms with Crippen LogP contribution in [0.5, 0.6) is 5.75 Å². The van der Waals surface area contributed by atoms with Crippen LogP contribution in [-0.4, -0.2) is 25.2 Å². The first kappa shape index (κ1) is 22.7. The summed E-state index contributed by atoms with van der Waals surface area (Å²) in [5, 5.41) is 0. The van der Waals surface area contributed by atoms with Crippen molar-refractivity contribution in [1.82, 2.24) is 0 Å². The Morgan fingerprint density at radius 2 is 1.90 bits per heavy atom. The molecule has 1 saturated heterocycles. The number of esters is 2. The van der Waals surface area contributed by atoms with Crippen molar-refractivity contribution in [2.45, 2.75) is 65.1 Å². The van der Waals surface area contributed by atoms with Crippen LogP contribution in [0.25, 0.3) is 0 Å². The Balaban J connectivity index is 1.94. The number of allylic oxidation sites excluding steroid dienone is 2. The van der Waals surface area contributed by atoms with Gasteiger partial charge in [-0.1, -0.05) is 50.6 Å². The standard InChI is InChI=1S/C24H32O5/c1-5-6-7-8-9-10-11-12-21-24(3,18(2)22(25)29-21)23(26)28-17-19-13-15-20(27-4)16-14-19/h9-10,13-16,21H,2,5-8,11-12,17H2,1,3-4H3/b10-9+/t21-,24-/m0/s1. The van der Waals surface area contributed by atoms with Gasteiger partial charge < -0.3 is 14.2 Å². The number of methoxy groups -OCH3 is 1. The molecule has 5 nitrogen and oxygen atoms in total. The highest BCUT2D eigenvalue weighted by atomic mass is 16.6. The van der Waals surface area contributed by atoms with E-state index in [0.29, 0.717) is 6.42 Å². The van der Waals surface area contributed by atoms with E-state index in [2.05, 4.69) is 25.7 Å². The van der Waals surface area contributed by atoms with Gasteiger partial charge in [-0.15, -0.1) is 0 Å². The van der Waals surface area contributed by atoms with Crippen LogP contribution in [0.3, 0.4) is 0 Å². The van der Waals surface area contributed by atoms with Crippen LogP contribution in [0.2, 0.25) is 0 Å². The van der Waals surface area contributed by atoms with E-state index >= 15 is 0 Å². The molecule has 1 aliphatic heterocycles. The third kappa shape index (κ3) is 5.72. The van der Waals surface area contributed by atoms with Crippen LogP contribution in [-0.2, 0) is 25.7 Å². The Morgan fingerprint density at radius 1 is 1.21 bits per heavy atom. The normalized spacial score (nSPS) is 21.4. The summed E-state index contributed by atoms with van der Waals surface area (Å²) in [7, 11) is 1.60. The van der Waals surface area contributed by atoms with E-state index < -0.39 is 23.5 Å². The zero-order valence-electron chi connectivity index (χ0n) is 17.7. The van der Waals surface area contributed by atoms with Gasteiger partial charge in [-0.3, -0.25) is 4.79 Å². The third-order valence-electron chi connectivity index (χ3n) is 5.46. The second-order valence-corrected chi connectivity index (χ2v) is 7.54. The maximum absolute atomic E-state index is 12.9. The number of carbonyl (C=O) groups excluding carboxylic acids is 2. The summed E-state index contributed by atoms with van der Waals surface area (Å²) in [6.07, 6.45) is 9.62. The monoisotopic (exact) mass is 400 g/mol. The molecule has 0 radical (unpaired) electrons. The van der Waals surface area contributed by atoms with Gasteiger partial charge in [0.15, 0.2) is 0 Å². The Kier molecular flexibility index (Phi) is 8.50. The summed E-state index contributed by atoms with van der Waals surface area (Å²) >= 11 is 0. The quantitative estimate of drug-likeness (QED) is 0.223. The van der Waals surface area contributed by atoms with Crippen LogP contribution in [0.15, 0.2) is 48.6 Å². The van der Waals surface area contributed by atoms with E-state index in [1.807, 2.05) is 24.3 Å². The van der Waals surface area contributed by atoms with E-state index in [9.17, 15) is 9.59 Å². The lowest BCUT2D eigenvalue weighted by Gasteiger charge is -2.26. The Morgan fingerprint density at radius 3 is 2.55 bits per heavy atom. The van der Waals surface area contributed by atoms with Crippen molar-refractivity contribution in [2.24, 2.45) is 5.41 Å². The second kappa shape index (κ2) is 10.8. The summed E-state index contributed by atoms with van der Waals surface area (Å²) in [4.78, 5) is 25.0. The van der Waals surface area contributed by atoms with Gasteiger partial charge in [0.25, 0.3) is 0 Å². The first-order valence-corrected chi connectivity index (χ1v) is 10.3. The minimum absolute atomic E-state index is 0.115. The Hall–Kier alpha value is -2.56. The first-order chi connectivity index (χ1) is 13.9. The van der Waals surface area contributed by atoms with Crippen molar-refractivity contribution < 1.29 is 23.8 Å². The van der Waals surface area contributed by atoms with Crippen molar-refractivity contribution >= 4 is 11.9 Å². The number of unbranched alkanes of at least 4 members (excludes halogenated alkanes) is 3. The fourth-order valence-corrected chi connectivity index (χ4v) is 3.34. The molecule has 1 aliphatic rings. The van der Waals surface area contributed by atoms with Gasteiger partial charge in [-0.25, -0.2) is 4.79 Å². The molecule has 0 unspecified atom stereocenters. The van der Waals surface area contributed by atoms with Gasteiger partial charge in [0.2, 0.25) is 0 Å². The molecule has 1 fully saturated rings. The molecule has 2 rings (SSSR count). The molecular weight excluding hydrogens is 368 g/mol. The summed E-state index contributed by atoms with van der Waals surface area (Å²) in [5.41, 5.74) is -0.168. The molecule has 0 N–H and O–H groups in total. The van der Waals surface area contributed by atoms with Gasteiger partial charge in [0.1, 0.15) is 23.9 Å². The first-order valence-electron chi connectivity index (χ1n) is 10.3. The number of carbonyl (C=O) groups is 2. The molecule has 1 heterocycles. The van der Waals surface area contributed by atoms with Crippen LogP contribution in [0, 0.1) is 5.41 Å².